The maximum Gasteiger partial charge on any atom is 0.410 e. The predicted molar refractivity (Wildman–Crippen MR) is 205 cm³/mol. The van der Waals surface area contributed by atoms with E-state index < -0.39 is 26.1 Å². The summed E-state index contributed by atoms with van der Waals surface area (Å²) in [5, 5.41) is 6.71. The number of halogens is 1. The molecule has 11 nitrogen and oxygen atoms in total. The molecule has 0 bridgehead atoms. The first-order valence-corrected chi connectivity index (χ1v) is 21.9. The lowest BCUT2D eigenvalue weighted by Gasteiger charge is -2.44. The molecule has 290 valence electrons. The molecular weight excluding hydrogens is 688 g/mol. The first-order chi connectivity index (χ1) is 23.8. The number of likely N-dealkylation sites (tertiary alicyclic amines) is 1. The molecule has 1 aromatic carbocycles. The average molecular weight is 753 g/mol. The van der Waals surface area contributed by atoms with Gasteiger partial charge in [-0.3, -0.25) is 0 Å². The van der Waals surface area contributed by atoms with Gasteiger partial charge in [-0.15, -0.1) is 0 Å². The van der Waals surface area contributed by atoms with Gasteiger partial charge in [0.25, 0.3) is 0 Å². The number of methoxy groups -OCH3 is 1. The molecule has 0 aromatic heterocycles. The molecule has 5 atom stereocenters. The van der Waals surface area contributed by atoms with Crippen molar-refractivity contribution in [3.63, 3.8) is 0 Å². The summed E-state index contributed by atoms with van der Waals surface area (Å²) in [6, 6.07) is 7.15. The summed E-state index contributed by atoms with van der Waals surface area (Å²) in [6.07, 6.45) is 5.53. The van der Waals surface area contributed by atoms with Crippen molar-refractivity contribution < 1.29 is 33.0 Å². The normalized spacial score (nSPS) is 21.3. The van der Waals surface area contributed by atoms with Gasteiger partial charge >= 0.3 is 18.2 Å². The molecule has 1 aromatic rings. The zero-order chi connectivity index (χ0) is 38.0. The van der Waals surface area contributed by atoms with Gasteiger partial charge in [-0.1, -0.05) is 57.3 Å². The molecule has 1 unspecified atom stereocenters. The van der Waals surface area contributed by atoms with Crippen LogP contribution in [0.4, 0.5) is 14.4 Å². The summed E-state index contributed by atoms with van der Waals surface area (Å²) < 4.78 is 23.7. The van der Waals surface area contributed by atoms with Gasteiger partial charge < -0.3 is 39.1 Å². The number of likely N-dealkylation sites (N-methyl/N-ethyl adjacent to an activating group) is 1. The Hall–Kier alpha value is -2.54. The maximum atomic E-state index is 14.1. The molecule has 1 aliphatic heterocycles. The minimum absolute atomic E-state index is 0.00435. The van der Waals surface area contributed by atoms with Gasteiger partial charge in [-0.05, 0) is 94.6 Å². The van der Waals surface area contributed by atoms with Crippen molar-refractivity contribution in [2.75, 3.05) is 46.9 Å². The molecule has 4 amide bonds. The van der Waals surface area contributed by atoms with Crippen LogP contribution in [0.25, 0.3) is 0 Å². The quantitative estimate of drug-likeness (QED) is 0.154. The monoisotopic (exact) mass is 752 g/mol. The number of urea groups is 1. The number of benzene rings is 1. The Bertz CT molecular complexity index is 1290. The molecule has 0 radical (unpaired) electrons. The Morgan fingerprint density at radius 1 is 1.06 bits per heavy atom. The van der Waals surface area contributed by atoms with Crippen LogP contribution >= 0.6 is 11.6 Å². The number of alkyl carbamates (subject to hydrolysis) is 1. The van der Waals surface area contributed by atoms with Crippen LogP contribution in [-0.4, -0.2) is 101 Å². The lowest BCUT2D eigenvalue weighted by atomic mass is 9.82. The number of ether oxygens (including phenoxy) is 3. The van der Waals surface area contributed by atoms with Gasteiger partial charge in [-0.25, -0.2) is 14.4 Å². The van der Waals surface area contributed by atoms with E-state index in [9.17, 15) is 14.4 Å². The van der Waals surface area contributed by atoms with Gasteiger partial charge in [-0.2, -0.15) is 0 Å². The predicted octanol–water partition coefficient (Wildman–Crippen LogP) is 8.38. The fourth-order valence-corrected chi connectivity index (χ4v) is 8.37. The van der Waals surface area contributed by atoms with Gasteiger partial charge in [0, 0.05) is 56.3 Å². The van der Waals surface area contributed by atoms with Crippen LogP contribution < -0.4 is 10.6 Å². The molecule has 13 heteroatoms. The highest BCUT2D eigenvalue weighted by atomic mass is 35.5. The number of nitrogens with one attached hydrogen (secondary N) is 2. The number of hydrogen-bond donors (Lipinski definition) is 2. The third-order valence-electron chi connectivity index (χ3n) is 10.4. The molecule has 2 N–H and O–H groups in total. The van der Waals surface area contributed by atoms with E-state index in [1.165, 1.54) is 7.11 Å². The van der Waals surface area contributed by atoms with Crippen molar-refractivity contribution in [1.82, 2.24) is 20.4 Å². The second-order valence-corrected chi connectivity index (χ2v) is 22.0. The minimum atomic E-state index is -2.02. The number of carbonyl (C=O) groups is 3. The smallest absolute Gasteiger partial charge is 0.410 e. The molecule has 2 fully saturated rings. The second kappa shape index (κ2) is 19.0. The third-order valence-corrected chi connectivity index (χ3v) is 15.1. The highest BCUT2D eigenvalue weighted by molar-refractivity contribution is 6.74. The Labute approximate surface area is 312 Å². The highest BCUT2D eigenvalue weighted by Crippen LogP contribution is 2.41. The third kappa shape index (κ3) is 13.7. The first kappa shape index (κ1) is 42.9. The van der Waals surface area contributed by atoms with Crippen LogP contribution in [-0.2, 0) is 18.6 Å². The molecule has 51 heavy (non-hydrogen) atoms. The Kier molecular flexibility index (Phi) is 16.0. The standard InChI is InChI=1S/C38H65ClN4O7Si/c1-37(2,3)49-36(46)42(7)26-31(24-27-15-11-12-19-32(27)50-51(9,10)38(4,5)6)41-34(44)43-21-14-17-29(25-43)33(28-16-13-18-30(39)23-28)48-22-20-40-35(45)47-8/h13,16,18,23,27,29,31-33H,11-12,14-15,17,19-22,24-26H2,1-10H3,(H,40,45)(H,41,44)/t27-,29-,31?,32+,33+/m1/s1. The lowest BCUT2D eigenvalue weighted by molar-refractivity contribution is -0.00890. The average Bonchev–Trinajstić information content (AvgIpc) is 3.04. The lowest BCUT2D eigenvalue weighted by Crippen LogP contribution is -2.54. The Balaban J connectivity index is 1.79. The minimum Gasteiger partial charge on any atom is -0.453 e. The van der Waals surface area contributed by atoms with E-state index >= 15 is 0 Å². The van der Waals surface area contributed by atoms with Gasteiger partial charge in [0.05, 0.1) is 19.8 Å². The largest absolute Gasteiger partial charge is 0.453 e. The van der Waals surface area contributed by atoms with Gasteiger partial charge in [0.2, 0.25) is 0 Å². The number of piperidine rings is 1. The number of carbonyl (C=O) groups excluding carboxylic acids is 3. The van der Waals surface area contributed by atoms with Crippen LogP contribution in [0.3, 0.4) is 0 Å². The number of hydrogen-bond acceptors (Lipinski definition) is 7. The molecule has 3 rings (SSSR count). The summed E-state index contributed by atoms with van der Waals surface area (Å²) in [6.45, 7) is 18.9. The van der Waals surface area contributed by atoms with E-state index in [0.29, 0.717) is 31.1 Å². The Morgan fingerprint density at radius 2 is 1.76 bits per heavy atom. The topological polar surface area (TPSA) is 119 Å². The fourth-order valence-electron chi connectivity index (χ4n) is 6.75. The molecular formula is C38H65ClN4O7Si. The van der Waals surface area contributed by atoms with Crippen LogP contribution in [0, 0.1) is 11.8 Å². The van der Waals surface area contributed by atoms with Crippen LogP contribution in [0.2, 0.25) is 23.2 Å². The van der Waals surface area contributed by atoms with E-state index in [1.807, 2.05) is 49.9 Å². The summed E-state index contributed by atoms with van der Waals surface area (Å²) in [5.41, 5.74) is 0.296. The van der Waals surface area contributed by atoms with Crippen molar-refractivity contribution in [1.29, 1.82) is 0 Å². The summed E-state index contributed by atoms with van der Waals surface area (Å²) in [7, 11) is 1.04. The molecule has 1 heterocycles. The van der Waals surface area contributed by atoms with Crippen LogP contribution in [0.1, 0.15) is 98.2 Å². The van der Waals surface area contributed by atoms with E-state index in [-0.39, 0.29) is 54.3 Å². The maximum absolute atomic E-state index is 14.1. The zero-order valence-electron chi connectivity index (χ0n) is 32.8. The summed E-state index contributed by atoms with van der Waals surface area (Å²) >= 11 is 6.39. The van der Waals surface area contributed by atoms with Gasteiger partial charge in [0.1, 0.15) is 5.60 Å². The van der Waals surface area contributed by atoms with Crippen molar-refractivity contribution in [3.8, 4) is 0 Å². The molecule has 1 saturated carbocycles. The van der Waals surface area contributed by atoms with Gasteiger partial charge in [0.15, 0.2) is 8.32 Å². The second-order valence-electron chi connectivity index (χ2n) is 16.8. The van der Waals surface area contributed by atoms with Crippen molar-refractivity contribution in [2.24, 2.45) is 11.8 Å². The molecule has 1 aliphatic carbocycles. The number of amides is 4. The van der Waals surface area contributed by atoms with Crippen molar-refractivity contribution >= 4 is 38.1 Å². The number of rotatable bonds is 13. The highest BCUT2D eigenvalue weighted by Gasteiger charge is 2.42. The molecule has 2 aliphatic rings. The SMILES string of the molecule is COC(=O)NCCO[C@@H](c1cccc(Cl)c1)[C@@H]1CCCN(C(=O)NC(C[C@H]2CCCC[C@@H]2O[Si](C)(C)C(C)(C)C)CN(C)C(=O)OC(C)(C)C)C1. The first-order valence-electron chi connectivity index (χ1n) is 18.7. The molecule has 0 spiro atoms. The van der Waals surface area contributed by atoms with E-state index in [2.05, 4.69) is 49.2 Å². The van der Waals surface area contributed by atoms with Crippen molar-refractivity contribution in [2.45, 2.75) is 128 Å². The van der Waals surface area contributed by atoms with Crippen LogP contribution in [0.5, 0.6) is 0 Å². The van der Waals surface area contributed by atoms with E-state index in [4.69, 9.17) is 25.5 Å². The summed E-state index contributed by atoms with van der Waals surface area (Å²) in [4.78, 5) is 42.3. The zero-order valence-corrected chi connectivity index (χ0v) is 34.6. The fraction of sp³-hybridized carbons (Fsp3) is 0.763. The van der Waals surface area contributed by atoms with Crippen LogP contribution in [0.15, 0.2) is 24.3 Å². The van der Waals surface area contributed by atoms with E-state index in [0.717, 1.165) is 44.1 Å². The number of nitrogens with zero attached hydrogens (tertiary/aromatic N) is 2. The summed E-state index contributed by atoms with van der Waals surface area (Å²) in [5.74, 6) is 0.267. The van der Waals surface area contributed by atoms with E-state index in [1.54, 1.807) is 11.9 Å². The van der Waals surface area contributed by atoms with Crippen molar-refractivity contribution in [3.05, 3.63) is 34.9 Å². The molecule has 1 saturated heterocycles. The Morgan fingerprint density at radius 3 is 2.41 bits per heavy atom.